The van der Waals surface area contributed by atoms with Gasteiger partial charge in [-0.05, 0) is 44.7 Å². The van der Waals surface area contributed by atoms with Crippen LogP contribution >= 0.6 is 0 Å². The molecule has 5 heteroatoms. The molecule has 3 N–H and O–H groups in total. The number of unbranched alkanes of at least 4 members (excludes halogenated alkanes) is 2. The average Bonchev–Trinajstić information content (AvgIpc) is 2.77. The Morgan fingerprint density at radius 1 is 1.18 bits per heavy atom. The van der Waals surface area contributed by atoms with Crippen LogP contribution in [-0.2, 0) is 4.79 Å². The molecule has 0 aromatic heterocycles. The summed E-state index contributed by atoms with van der Waals surface area (Å²) >= 11 is 0. The lowest BCUT2D eigenvalue weighted by Crippen LogP contribution is -2.47. The number of guanidine groups is 1. The van der Waals surface area contributed by atoms with E-state index in [-0.39, 0.29) is 5.91 Å². The normalized spacial score (nSPS) is 22.2. The Labute approximate surface area is 134 Å². The van der Waals surface area contributed by atoms with Crippen molar-refractivity contribution in [2.45, 2.75) is 70.8 Å². The van der Waals surface area contributed by atoms with Crippen LogP contribution < -0.4 is 10.6 Å². The van der Waals surface area contributed by atoms with Gasteiger partial charge in [-0.1, -0.05) is 39.5 Å². The molecule has 0 spiro atoms. The van der Waals surface area contributed by atoms with Crippen molar-refractivity contribution >= 4 is 11.9 Å². The summed E-state index contributed by atoms with van der Waals surface area (Å²) in [5.41, 5.74) is -0.504. The number of hydrogen-bond donors (Lipinski definition) is 3. The van der Waals surface area contributed by atoms with Gasteiger partial charge >= 0.3 is 0 Å². The molecule has 0 atom stereocenters. The smallest absolute Gasteiger partial charge is 0.255 e. The molecule has 0 radical (unpaired) electrons. The average molecular weight is 308 g/mol. The van der Waals surface area contributed by atoms with Crippen molar-refractivity contribution in [2.75, 3.05) is 19.6 Å². The summed E-state index contributed by atoms with van der Waals surface area (Å²) in [5.74, 6) is 1.01. The van der Waals surface area contributed by atoms with Gasteiger partial charge in [0, 0.05) is 6.54 Å². The highest BCUT2D eigenvalue weighted by Gasteiger charge is 2.48. The molecular formula is C17H32N4O. The number of nitrogens with zero attached hydrogens (tertiary/aromatic N) is 1. The first-order chi connectivity index (χ1) is 10.6. The minimum absolute atomic E-state index is 0.151. The number of carbonyl (C=O) groups is 1. The van der Waals surface area contributed by atoms with Crippen molar-refractivity contribution in [1.29, 1.82) is 5.41 Å². The molecule has 2 saturated heterocycles. The fourth-order valence-corrected chi connectivity index (χ4v) is 3.63. The van der Waals surface area contributed by atoms with E-state index in [1.165, 1.54) is 0 Å². The number of nitrogens with one attached hydrogen (secondary N) is 3. The van der Waals surface area contributed by atoms with Crippen LogP contribution in [0, 0.1) is 11.3 Å². The fraction of sp³-hybridized carbons (Fsp3) is 0.882. The molecule has 2 rings (SSSR count). The molecule has 22 heavy (non-hydrogen) atoms. The first-order valence-corrected chi connectivity index (χ1v) is 9.02. The number of rotatable bonds is 8. The maximum absolute atomic E-state index is 13.0. The van der Waals surface area contributed by atoms with Crippen molar-refractivity contribution in [3.8, 4) is 0 Å². The standard InChI is InChI=1S/C17H32N4O/c1-3-5-9-17(10-6-4-2)15(22)21(16(18)20-17)13-14-7-11-19-12-8-14/h14,19H,3-13H2,1-2H3,(H2,18,20). The van der Waals surface area contributed by atoms with Crippen LogP contribution in [0.25, 0.3) is 0 Å². The number of piperidine rings is 1. The van der Waals surface area contributed by atoms with Crippen molar-refractivity contribution in [3.05, 3.63) is 0 Å². The van der Waals surface area contributed by atoms with Crippen LogP contribution in [-0.4, -0.2) is 41.9 Å². The van der Waals surface area contributed by atoms with E-state index < -0.39 is 5.54 Å². The molecule has 0 bridgehead atoms. The summed E-state index contributed by atoms with van der Waals surface area (Å²) in [7, 11) is 0. The van der Waals surface area contributed by atoms with Crippen molar-refractivity contribution in [2.24, 2.45) is 5.92 Å². The van der Waals surface area contributed by atoms with Crippen LogP contribution in [0.1, 0.15) is 65.2 Å². The number of hydrogen-bond acceptors (Lipinski definition) is 3. The quantitative estimate of drug-likeness (QED) is 0.645. The van der Waals surface area contributed by atoms with Gasteiger partial charge in [0.1, 0.15) is 5.54 Å². The zero-order chi connectivity index (χ0) is 16.0. The molecule has 0 unspecified atom stereocenters. The molecule has 126 valence electrons. The Hall–Kier alpha value is -1.10. The first kappa shape index (κ1) is 17.3. The molecule has 2 heterocycles. The van der Waals surface area contributed by atoms with E-state index in [1.54, 1.807) is 4.90 Å². The van der Waals surface area contributed by atoms with Gasteiger partial charge in [0.2, 0.25) is 0 Å². The summed E-state index contributed by atoms with van der Waals surface area (Å²) in [6.45, 7) is 7.09. The van der Waals surface area contributed by atoms with Crippen LogP contribution in [0.3, 0.4) is 0 Å². The van der Waals surface area contributed by atoms with Crippen molar-refractivity contribution in [1.82, 2.24) is 15.5 Å². The van der Waals surface area contributed by atoms with Gasteiger partial charge in [-0.2, -0.15) is 0 Å². The maximum Gasteiger partial charge on any atom is 0.255 e. The lowest BCUT2D eigenvalue weighted by molar-refractivity contribution is -0.132. The van der Waals surface area contributed by atoms with Crippen LogP contribution in [0.2, 0.25) is 0 Å². The van der Waals surface area contributed by atoms with Crippen molar-refractivity contribution in [3.63, 3.8) is 0 Å². The Bertz CT molecular complexity index is 382. The lowest BCUT2D eigenvalue weighted by atomic mass is 9.87. The minimum Gasteiger partial charge on any atom is -0.342 e. The van der Waals surface area contributed by atoms with E-state index in [9.17, 15) is 4.79 Å². The van der Waals surface area contributed by atoms with E-state index in [0.29, 0.717) is 18.4 Å². The highest BCUT2D eigenvalue weighted by Crippen LogP contribution is 2.30. The molecule has 0 aromatic rings. The second-order valence-corrected chi connectivity index (χ2v) is 6.87. The highest BCUT2D eigenvalue weighted by molar-refractivity contribution is 6.07. The highest BCUT2D eigenvalue weighted by atomic mass is 16.2. The number of amides is 1. The number of carbonyl (C=O) groups excluding carboxylic acids is 1. The Kier molecular flexibility index (Phi) is 6.24. The molecular weight excluding hydrogens is 276 g/mol. The summed E-state index contributed by atoms with van der Waals surface area (Å²) in [5, 5.41) is 14.9. The second-order valence-electron chi connectivity index (χ2n) is 6.87. The topological polar surface area (TPSA) is 68.2 Å². The molecule has 5 nitrogen and oxygen atoms in total. The summed E-state index contributed by atoms with van der Waals surface area (Å²) < 4.78 is 0. The largest absolute Gasteiger partial charge is 0.342 e. The minimum atomic E-state index is -0.504. The van der Waals surface area contributed by atoms with E-state index in [1.807, 2.05) is 0 Å². The van der Waals surface area contributed by atoms with Gasteiger partial charge in [-0.15, -0.1) is 0 Å². The molecule has 0 aliphatic carbocycles. The lowest BCUT2D eigenvalue weighted by Gasteiger charge is -2.29. The van der Waals surface area contributed by atoms with Gasteiger partial charge in [0.05, 0.1) is 0 Å². The summed E-state index contributed by atoms with van der Waals surface area (Å²) in [4.78, 5) is 14.8. The Balaban J connectivity index is 2.05. The molecule has 2 aliphatic rings. The SMILES string of the molecule is CCCCC1(CCCC)NC(=N)N(CC2CCNCC2)C1=O. The first-order valence-electron chi connectivity index (χ1n) is 9.02. The molecule has 2 aliphatic heterocycles. The third-order valence-electron chi connectivity index (χ3n) is 5.10. The third-order valence-corrected chi connectivity index (χ3v) is 5.10. The molecule has 2 fully saturated rings. The fourth-order valence-electron chi connectivity index (χ4n) is 3.63. The zero-order valence-electron chi connectivity index (χ0n) is 14.2. The van der Waals surface area contributed by atoms with Gasteiger partial charge in [-0.3, -0.25) is 15.1 Å². The monoisotopic (exact) mass is 308 g/mol. The summed E-state index contributed by atoms with van der Waals surface area (Å²) in [6, 6.07) is 0. The summed E-state index contributed by atoms with van der Waals surface area (Å²) in [6.07, 6.45) is 8.17. The Morgan fingerprint density at radius 2 is 1.77 bits per heavy atom. The van der Waals surface area contributed by atoms with Crippen LogP contribution in [0.5, 0.6) is 0 Å². The third kappa shape index (κ3) is 3.80. The van der Waals surface area contributed by atoms with Crippen LogP contribution in [0.4, 0.5) is 0 Å². The maximum atomic E-state index is 13.0. The van der Waals surface area contributed by atoms with E-state index >= 15 is 0 Å². The van der Waals surface area contributed by atoms with Gasteiger partial charge in [0.25, 0.3) is 5.91 Å². The predicted octanol–water partition coefficient (Wildman–Crippen LogP) is 2.47. The molecule has 0 aromatic carbocycles. The second kappa shape index (κ2) is 7.95. The zero-order valence-corrected chi connectivity index (χ0v) is 14.2. The molecule has 0 saturated carbocycles. The van der Waals surface area contributed by atoms with Gasteiger partial charge in [0.15, 0.2) is 5.96 Å². The molecule has 1 amide bonds. The van der Waals surface area contributed by atoms with Gasteiger partial charge in [-0.25, -0.2) is 0 Å². The van der Waals surface area contributed by atoms with E-state index in [2.05, 4.69) is 24.5 Å². The van der Waals surface area contributed by atoms with Gasteiger partial charge < -0.3 is 10.6 Å². The predicted molar refractivity (Wildman–Crippen MR) is 90.0 cm³/mol. The van der Waals surface area contributed by atoms with E-state index in [0.717, 1.165) is 64.5 Å². The Morgan fingerprint density at radius 3 is 2.32 bits per heavy atom. The van der Waals surface area contributed by atoms with Crippen LogP contribution in [0.15, 0.2) is 0 Å². The van der Waals surface area contributed by atoms with Crippen molar-refractivity contribution < 1.29 is 4.79 Å². The van der Waals surface area contributed by atoms with E-state index in [4.69, 9.17) is 5.41 Å².